The summed E-state index contributed by atoms with van der Waals surface area (Å²) in [4.78, 5) is 59.0. The zero-order chi connectivity index (χ0) is 25.5. The summed E-state index contributed by atoms with van der Waals surface area (Å²) in [6.45, 7) is 1.91. The lowest BCUT2D eigenvalue weighted by atomic mass is 10.1. The van der Waals surface area contributed by atoms with Crippen LogP contribution in [-0.2, 0) is 25.7 Å². The second-order valence-electron chi connectivity index (χ2n) is 7.40. The molecule has 0 saturated carbocycles. The first kappa shape index (κ1) is 28.2. The van der Waals surface area contributed by atoms with Crippen molar-refractivity contribution in [2.24, 2.45) is 0 Å². The SMILES string of the molecule is CCN(C(=O)NC(CCC(=O)O)C(=O)O)C(CCCCNC(=O)OCc1ccccc1)C(=O)O. The average molecular weight is 482 g/mol. The number of alkyl carbamates (subject to hydrolysis) is 1. The van der Waals surface area contributed by atoms with E-state index in [4.69, 9.17) is 9.84 Å². The van der Waals surface area contributed by atoms with Gasteiger partial charge in [0.1, 0.15) is 18.7 Å². The highest BCUT2D eigenvalue weighted by Crippen LogP contribution is 2.11. The van der Waals surface area contributed by atoms with E-state index < -0.39 is 48.5 Å². The van der Waals surface area contributed by atoms with Crippen LogP contribution in [-0.4, -0.2) is 75.4 Å². The average Bonchev–Trinajstić information content (AvgIpc) is 2.79. The van der Waals surface area contributed by atoms with Crippen LogP contribution in [0.25, 0.3) is 0 Å². The van der Waals surface area contributed by atoms with E-state index in [0.717, 1.165) is 10.5 Å². The fourth-order valence-electron chi connectivity index (χ4n) is 3.10. The summed E-state index contributed by atoms with van der Waals surface area (Å²) in [5.41, 5.74) is 0.841. The minimum Gasteiger partial charge on any atom is -0.481 e. The van der Waals surface area contributed by atoms with Crippen molar-refractivity contribution in [3.05, 3.63) is 35.9 Å². The molecule has 0 heterocycles. The number of nitrogens with zero attached hydrogens (tertiary/aromatic N) is 1. The van der Waals surface area contributed by atoms with E-state index in [2.05, 4.69) is 10.6 Å². The monoisotopic (exact) mass is 481 g/mol. The molecule has 0 aliphatic carbocycles. The maximum atomic E-state index is 12.5. The number of amides is 3. The molecule has 5 N–H and O–H groups in total. The second-order valence-corrected chi connectivity index (χ2v) is 7.40. The van der Waals surface area contributed by atoms with Crippen molar-refractivity contribution in [3.8, 4) is 0 Å². The molecule has 12 nitrogen and oxygen atoms in total. The number of nitrogens with one attached hydrogen (secondary N) is 2. The molecular formula is C22H31N3O9. The van der Waals surface area contributed by atoms with Gasteiger partial charge in [-0.3, -0.25) is 4.79 Å². The number of carboxylic acids is 3. The van der Waals surface area contributed by atoms with Gasteiger partial charge in [-0.2, -0.15) is 0 Å². The summed E-state index contributed by atoms with van der Waals surface area (Å²) < 4.78 is 5.08. The lowest BCUT2D eigenvalue weighted by Crippen LogP contribution is -2.53. The summed E-state index contributed by atoms with van der Waals surface area (Å²) in [6, 6.07) is 5.55. The minimum atomic E-state index is -1.46. The molecule has 0 aliphatic rings. The maximum Gasteiger partial charge on any atom is 0.407 e. The third-order valence-electron chi connectivity index (χ3n) is 4.89. The molecule has 0 aromatic heterocycles. The van der Waals surface area contributed by atoms with Crippen LogP contribution in [0.1, 0.15) is 44.6 Å². The van der Waals surface area contributed by atoms with Crippen LogP contribution in [0, 0.1) is 0 Å². The lowest BCUT2D eigenvalue weighted by molar-refractivity contribution is -0.142. The first-order valence-corrected chi connectivity index (χ1v) is 10.8. The molecule has 0 saturated heterocycles. The van der Waals surface area contributed by atoms with E-state index in [1.165, 1.54) is 0 Å². The molecule has 188 valence electrons. The number of aliphatic carboxylic acids is 3. The Morgan fingerprint density at radius 2 is 1.65 bits per heavy atom. The molecule has 1 aromatic carbocycles. The highest BCUT2D eigenvalue weighted by atomic mass is 16.5. The number of benzene rings is 1. The summed E-state index contributed by atoms with van der Waals surface area (Å²) in [6.07, 6.45) is -0.538. The third-order valence-corrected chi connectivity index (χ3v) is 4.89. The quantitative estimate of drug-likeness (QED) is 0.233. The van der Waals surface area contributed by atoms with Crippen LogP contribution in [0.3, 0.4) is 0 Å². The van der Waals surface area contributed by atoms with Gasteiger partial charge in [0.2, 0.25) is 0 Å². The van der Waals surface area contributed by atoms with Crippen LogP contribution < -0.4 is 10.6 Å². The number of carboxylic acid groups (broad SMARTS) is 3. The predicted molar refractivity (Wildman–Crippen MR) is 119 cm³/mol. The van der Waals surface area contributed by atoms with Crippen molar-refractivity contribution in [2.45, 2.75) is 57.7 Å². The second kappa shape index (κ2) is 15.1. The molecule has 12 heteroatoms. The molecule has 2 unspecified atom stereocenters. The first-order valence-electron chi connectivity index (χ1n) is 10.8. The molecule has 0 spiro atoms. The largest absolute Gasteiger partial charge is 0.481 e. The van der Waals surface area contributed by atoms with Crippen LogP contribution in [0.15, 0.2) is 30.3 Å². The summed E-state index contributed by atoms with van der Waals surface area (Å²) in [5, 5.41) is 32.2. The van der Waals surface area contributed by atoms with Gasteiger partial charge in [-0.15, -0.1) is 0 Å². The van der Waals surface area contributed by atoms with E-state index >= 15 is 0 Å². The number of hydrogen-bond acceptors (Lipinski definition) is 6. The number of carbonyl (C=O) groups excluding carboxylic acids is 2. The molecule has 34 heavy (non-hydrogen) atoms. The molecular weight excluding hydrogens is 450 g/mol. The number of carbonyl (C=O) groups is 5. The van der Waals surface area contributed by atoms with Crippen LogP contribution >= 0.6 is 0 Å². The zero-order valence-corrected chi connectivity index (χ0v) is 18.9. The summed E-state index contributed by atoms with van der Waals surface area (Å²) in [7, 11) is 0. The van der Waals surface area contributed by atoms with Gasteiger partial charge in [0.05, 0.1) is 0 Å². The van der Waals surface area contributed by atoms with Crippen LogP contribution in [0.4, 0.5) is 9.59 Å². The summed E-state index contributed by atoms with van der Waals surface area (Å²) >= 11 is 0. The van der Waals surface area contributed by atoms with Crippen molar-refractivity contribution in [3.63, 3.8) is 0 Å². The van der Waals surface area contributed by atoms with E-state index in [1.807, 2.05) is 30.3 Å². The van der Waals surface area contributed by atoms with Gasteiger partial charge in [0.25, 0.3) is 0 Å². The van der Waals surface area contributed by atoms with Gasteiger partial charge in [-0.05, 0) is 38.2 Å². The number of urea groups is 1. The highest BCUT2D eigenvalue weighted by molar-refractivity contribution is 5.86. The molecule has 0 bridgehead atoms. The fourth-order valence-corrected chi connectivity index (χ4v) is 3.10. The van der Waals surface area contributed by atoms with Crippen molar-refractivity contribution < 1.29 is 44.0 Å². The first-order chi connectivity index (χ1) is 16.1. The van der Waals surface area contributed by atoms with Gasteiger partial charge in [-0.1, -0.05) is 30.3 Å². The third kappa shape index (κ3) is 10.7. The zero-order valence-electron chi connectivity index (χ0n) is 18.9. The molecule has 0 radical (unpaired) electrons. The van der Waals surface area contributed by atoms with E-state index in [0.29, 0.717) is 12.8 Å². The summed E-state index contributed by atoms with van der Waals surface area (Å²) in [5.74, 6) is -3.89. The number of ether oxygens (including phenoxy) is 1. The number of unbranched alkanes of at least 4 members (excludes halogenated alkanes) is 1. The van der Waals surface area contributed by atoms with Gasteiger partial charge < -0.3 is 35.6 Å². The Morgan fingerprint density at radius 1 is 0.971 bits per heavy atom. The Morgan fingerprint density at radius 3 is 2.21 bits per heavy atom. The topological polar surface area (TPSA) is 183 Å². The van der Waals surface area contributed by atoms with E-state index in [9.17, 15) is 34.2 Å². The standard InChI is InChI=1S/C22H31N3O9/c1-2-25(21(32)24-16(19(28)29)11-12-18(26)27)17(20(30)31)10-6-7-13-23-22(33)34-14-15-8-4-3-5-9-15/h3-5,8-9,16-17H,2,6-7,10-14H2,1H3,(H,23,33)(H,24,32)(H,26,27)(H,28,29)(H,30,31). The molecule has 1 aromatic rings. The predicted octanol–water partition coefficient (Wildman–Crippen LogP) is 1.89. The Labute approximate surface area is 196 Å². The van der Waals surface area contributed by atoms with Crippen molar-refractivity contribution >= 4 is 30.0 Å². The Hall–Kier alpha value is -3.83. The maximum absolute atomic E-state index is 12.5. The smallest absolute Gasteiger partial charge is 0.407 e. The van der Waals surface area contributed by atoms with Crippen molar-refractivity contribution in [1.82, 2.24) is 15.5 Å². The van der Waals surface area contributed by atoms with Crippen molar-refractivity contribution in [1.29, 1.82) is 0 Å². The molecule has 3 amide bonds. The number of likely N-dealkylation sites (N-methyl/N-ethyl adjacent to an activating group) is 1. The Balaban J connectivity index is 2.49. The minimum absolute atomic E-state index is 0.00185. The highest BCUT2D eigenvalue weighted by Gasteiger charge is 2.31. The van der Waals surface area contributed by atoms with Gasteiger partial charge >= 0.3 is 30.0 Å². The van der Waals surface area contributed by atoms with Gasteiger partial charge in [0.15, 0.2) is 0 Å². The van der Waals surface area contributed by atoms with Crippen molar-refractivity contribution in [2.75, 3.05) is 13.1 Å². The lowest BCUT2D eigenvalue weighted by Gasteiger charge is -2.29. The number of rotatable bonds is 15. The Bertz CT molecular complexity index is 832. The van der Waals surface area contributed by atoms with E-state index in [-0.39, 0.29) is 32.5 Å². The Kier molecular flexibility index (Phi) is 12.5. The van der Waals surface area contributed by atoms with Crippen LogP contribution in [0.5, 0.6) is 0 Å². The van der Waals surface area contributed by atoms with Crippen LogP contribution in [0.2, 0.25) is 0 Å². The van der Waals surface area contributed by atoms with Gasteiger partial charge in [0, 0.05) is 19.5 Å². The normalized spacial score (nSPS) is 12.1. The molecule has 0 aliphatic heterocycles. The van der Waals surface area contributed by atoms with Gasteiger partial charge in [-0.25, -0.2) is 19.2 Å². The van der Waals surface area contributed by atoms with E-state index in [1.54, 1.807) is 6.92 Å². The molecule has 1 rings (SSSR count). The number of hydrogen-bond donors (Lipinski definition) is 5. The molecule has 2 atom stereocenters. The molecule has 0 fully saturated rings. The fraction of sp³-hybridized carbons (Fsp3) is 0.500.